The molecule has 1 aliphatic heterocycles. The molecule has 18 heavy (non-hydrogen) atoms. The fourth-order valence-electron chi connectivity index (χ4n) is 1.83. The van der Waals surface area contributed by atoms with Crippen LogP contribution < -0.4 is 10.5 Å². The number of carbonyl (C=O) groups excluding carboxylic acids is 1. The summed E-state index contributed by atoms with van der Waals surface area (Å²) in [4.78, 5) is 28.9. The normalized spacial score (nSPS) is 19.3. The molecule has 1 aromatic rings. The minimum atomic E-state index is -3.99. The number of carbonyl (C=O) groups is 1. The fourth-order valence-corrected chi connectivity index (χ4v) is 2.38. The number of ether oxygens (including phenoxy) is 1. The number of fused-ring (bicyclic) bond motifs is 1. The third-order valence-electron chi connectivity index (χ3n) is 2.77. The first-order chi connectivity index (χ1) is 8.35. The van der Waals surface area contributed by atoms with E-state index in [1.165, 1.54) is 0 Å². The first-order valence-corrected chi connectivity index (χ1v) is 7.28. The van der Waals surface area contributed by atoms with E-state index in [0.717, 1.165) is 11.1 Å². The maximum Gasteiger partial charge on any atom is 0.328 e. The molecule has 1 atom stereocenters. The van der Waals surface area contributed by atoms with Crippen molar-refractivity contribution in [3.8, 4) is 5.75 Å². The Hall–Kier alpha value is -1.20. The summed E-state index contributed by atoms with van der Waals surface area (Å²) < 4.78 is 15.8. The van der Waals surface area contributed by atoms with Gasteiger partial charge in [0.15, 0.2) is 0 Å². The molecule has 0 aliphatic carbocycles. The Kier molecular flexibility index (Phi) is 3.54. The van der Waals surface area contributed by atoms with Crippen molar-refractivity contribution in [3.05, 3.63) is 29.3 Å². The van der Waals surface area contributed by atoms with Crippen LogP contribution >= 0.6 is 7.60 Å². The van der Waals surface area contributed by atoms with Crippen molar-refractivity contribution in [3.63, 3.8) is 0 Å². The molecule has 0 aromatic heterocycles. The molecule has 0 amide bonds. The number of hydrogen-bond donors (Lipinski definition) is 3. The van der Waals surface area contributed by atoms with Crippen molar-refractivity contribution in [2.75, 3.05) is 6.16 Å². The number of nitrogens with two attached hydrogens (primary N) is 1. The average molecular weight is 271 g/mol. The van der Waals surface area contributed by atoms with Gasteiger partial charge in [-0.05, 0) is 23.6 Å². The Morgan fingerprint density at radius 3 is 2.83 bits per heavy atom. The summed E-state index contributed by atoms with van der Waals surface area (Å²) in [5, 5.41) is 0. The zero-order valence-corrected chi connectivity index (χ0v) is 10.5. The second-order valence-electron chi connectivity index (χ2n) is 4.31. The summed E-state index contributed by atoms with van der Waals surface area (Å²) in [6.07, 6.45) is 0.469. The molecule has 0 spiro atoms. The number of benzene rings is 1. The smallest absolute Gasteiger partial charge is 0.328 e. The molecule has 98 valence electrons. The van der Waals surface area contributed by atoms with E-state index in [-0.39, 0.29) is 12.6 Å². The van der Waals surface area contributed by atoms with Crippen LogP contribution in [0.4, 0.5) is 0 Å². The van der Waals surface area contributed by atoms with E-state index in [1.54, 1.807) is 18.2 Å². The largest absolute Gasteiger partial charge is 0.425 e. The van der Waals surface area contributed by atoms with Gasteiger partial charge in [-0.3, -0.25) is 4.57 Å². The third kappa shape index (κ3) is 3.17. The van der Waals surface area contributed by atoms with E-state index >= 15 is 0 Å². The standard InChI is InChI=1S/C11H14NO5P/c12-9-6-8-5-7(3-4-18(14,15)16)1-2-10(8)17-11(9)13/h1-2,5,9H,3-4,6,12H2,(H2,14,15,16). The van der Waals surface area contributed by atoms with Gasteiger partial charge in [0.25, 0.3) is 0 Å². The molecule has 0 saturated heterocycles. The topological polar surface area (TPSA) is 110 Å². The molecular formula is C11H14NO5P. The minimum absolute atomic E-state index is 0.197. The van der Waals surface area contributed by atoms with Gasteiger partial charge in [0.2, 0.25) is 0 Å². The van der Waals surface area contributed by atoms with Gasteiger partial charge in [-0.25, -0.2) is 4.79 Å². The van der Waals surface area contributed by atoms with Crippen molar-refractivity contribution < 1.29 is 23.9 Å². The van der Waals surface area contributed by atoms with Crippen molar-refractivity contribution in [1.82, 2.24) is 0 Å². The van der Waals surface area contributed by atoms with Gasteiger partial charge in [-0.2, -0.15) is 0 Å². The lowest BCUT2D eigenvalue weighted by Crippen LogP contribution is -2.39. The molecule has 0 fully saturated rings. The maximum atomic E-state index is 11.2. The zero-order valence-electron chi connectivity index (χ0n) is 9.57. The van der Waals surface area contributed by atoms with Crippen LogP contribution in [0.25, 0.3) is 0 Å². The summed E-state index contributed by atoms with van der Waals surface area (Å²) in [7, 11) is -3.99. The molecule has 4 N–H and O–H groups in total. The van der Waals surface area contributed by atoms with E-state index < -0.39 is 19.6 Å². The molecule has 0 saturated carbocycles. The highest BCUT2D eigenvalue weighted by molar-refractivity contribution is 7.51. The van der Waals surface area contributed by atoms with Crippen LogP contribution in [0, 0.1) is 0 Å². The van der Waals surface area contributed by atoms with E-state index in [2.05, 4.69) is 0 Å². The number of hydrogen-bond acceptors (Lipinski definition) is 4. The molecule has 1 unspecified atom stereocenters. The van der Waals surface area contributed by atoms with E-state index in [4.69, 9.17) is 20.3 Å². The zero-order chi connectivity index (χ0) is 13.3. The molecule has 1 aliphatic rings. The lowest BCUT2D eigenvalue weighted by atomic mass is 9.99. The molecular weight excluding hydrogens is 257 g/mol. The molecule has 6 nitrogen and oxygen atoms in total. The first kappa shape index (κ1) is 13.2. The highest BCUT2D eigenvalue weighted by Crippen LogP contribution is 2.35. The van der Waals surface area contributed by atoms with Gasteiger partial charge in [0.1, 0.15) is 11.8 Å². The fraction of sp³-hybridized carbons (Fsp3) is 0.364. The predicted octanol–water partition coefficient (Wildman–Crippen LogP) is 0.196. The Morgan fingerprint density at radius 2 is 2.17 bits per heavy atom. The van der Waals surface area contributed by atoms with Gasteiger partial charge in [-0.15, -0.1) is 0 Å². The molecule has 1 aromatic carbocycles. The summed E-state index contributed by atoms with van der Waals surface area (Å²) in [6.45, 7) is 0. The summed E-state index contributed by atoms with van der Waals surface area (Å²) in [6, 6.07) is 4.43. The van der Waals surface area contributed by atoms with E-state index in [1.807, 2.05) is 0 Å². The molecule has 2 rings (SSSR count). The molecule has 1 heterocycles. The lowest BCUT2D eigenvalue weighted by Gasteiger charge is -2.21. The predicted molar refractivity (Wildman–Crippen MR) is 64.4 cm³/mol. The molecule has 7 heteroatoms. The average Bonchev–Trinajstić information content (AvgIpc) is 2.27. The van der Waals surface area contributed by atoms with Crippen LogP contribution in [0.2, 0.25) is 0 Å². The first-order valence-electron chi connectivity index (χ1n) is 5.49. The summed E-state index contributed by atoms with van der Waals surface area (Å²) in [5.41, 5.74) is 7.18. The van der Waals surface area contributed by atoms with Crippen LogP contribution in [0.1, 0.15) is 11.1 Å². The van der Waals surface area contributed by atoms with Gasteiger partial charge in [-0.1, -0.05) is 12.1 Å². The van der Waals surface area contributed by atoms with Crippen LogP contribution in [0.15, 0.2) is 18.2 Å². The Morgan fingerprint density at radius 1 is 1.44 bits per heavy atom. The summed E-state index contributed by atoms with van der Waals surface area (Å²) >= 11 is 0. The minimum Gasteiger partial charge on any atom is -0.425 e. The lowest BCUT2D eigenvalue weighted by molar-refractivity contribution is -0.136. The monoisotopic (exact) mass is 271 g/mol. The van der Waals surface area contributed by atoms with Gasteiger partial charge in [0.05, 0.1) is 6.16 Å². The van der Waals surface area contributed by atoms with Gasteiger partial charge in [0, 0.05) is 6.42 Å². The van der Waals surface area contributed by atoms with E-state index in [0.29, 0.717) is 12.2 Å². The summed E-state index contributed by atoms with van der Waals surface area (Å²) in [5.74, 6) is 0.0205. The number of esters is 1. The molecule has 0 radical (unpaired) electrons. The van der Waals surface area contributed by atoms with Gasteiger partial charge < -0.3 is 20.3 Å². The Balaban J connectivity index is 2.15. The Labute approximate surface area is 104 Å². The highest BCUT2D eigenvalue weighted by atomic mass is 31.2. The van der Waals surface area contributed by atoms with Crippen molar-refractivity contribution in [2.45, 2.75) is 18.9 Å². The number of rotatable bonds is 3. The quantitative estimate of drug-likeness (QED) is 0.411. The van der Waals surface area contributed by atoms with Crippen molar-refractivity contribution in [1.29, 1.82) is 0 Å². The maximum absolute atomic E-state index is 11.2. The second-order valence-corrected chi connectivity index (χ2v) is 6.09. The molecule has 0 bridgehead atoms. The SMILES string of the molecule is NC1Cc2cc(CCP(=O)(O)O)ccc2OC1=O. The van der Waals surface area contributed by atoms with Crippen molar-refractivity contribution in [2.24, 2.45) is 5.73 Å². The van der Waals surface area contributed by atoms with Crippen LogP contribution in [-0.4, -0.2) is 28.0 Å². The second kappa shape index (κ2) is 4.82. The number of aryl methyl sites for hydroxylation is 1. The third-order valence-corrected chi connectivity index (χ3v) is 3.58. The Bertz CT molecular complexity index is 524. The highest BCUT2D eigenvalue weighted by Gasteiger charge is 2.25. The van der Waals surface area contributed by atoms with Gasteiger partial charge >= 0.3 is 13.6 Å². The van der Waals surface area contributed by atoms with Crippen LogP contribution in [0.3, 0.4) is 0 Å². The van der Waals surface area contributed by atoms with Crippen LogP contribution in [-0.2, 0) is 22.2 Å². The van der Waals surface area contributed by atoms with Crippen LogP contribution in [0.5, 0.6) is 5.75 Å². The van der Waals surface area contributed by atoms with Crippen molar-refractivity contribution >= 4 is 13.6 Å². The van der Waals surface area contributed by atoms with E-state index in [9.17, 15) is 9.36 Å².